The van der Waals surface area contributed by atoms with Crippen LogP contribution in [0.4, 0.5) is 4.39 Å². The molecule has 0 aliphatic carbocycles. The lowest BCUT2D eigenvalue weighted by molar-refractivity contribution is 0.295. The molecule has 1 aromatic carbocycles. The molecule has 0 saturated carbocycles. The second-order valence-electron chi connectivity index (χ2n) is 3.83. The third-order valence-electron chi connectivity index (χ3n) is 2.56. The summed E-state index contributed by atoms with van der Waals surface area (Å²) in [6, 6.07) is 10.7. The normalized spacial score (nSPS) is 9.89. The summed E-state index contributed by atoms with van der Waals surface area (Å²) in [5.74, 6) is -0.280. The molecule has 0 aliphatic rings. The number of rotatable bonds is 4. The topological polar surface area (TPSA) is 55.0 Å². The Bertz CT molecular complexity index is 674. The molecule has 0 spiro atoms. The third kappa shape index (κ3) is 3.19. The van der Waals surface area contributed by atoms with E-state index in [1.807, 2.05) is 0 Å². The lowest BCUT2D eigenvalue weighted by Crippen LogP contribution is -2.21. The van der Waals surface area contributed by atoms with E-state index in [0.29, 0.717) is 12.3 Å². The van der Waals surface area contributed by atoms with Gasteiger partial charge in [0.1, 0.15) is 24.2 Å². The molecule has 0 amide bonds. The highest BCUT2D eigenvalue weighted by molar-refractivity contribution is 5.36. The van der Waals surface area contributed by atoms with Crippen molar-refractivity contribution < 1.29 is 9.13 Å². The SMILES string of the molecule is N#Cc1ccc(OCCn2ccccc2=O)cc1F. The number of hydrogen-bond acceptors (Lipinski definition) is 3. The molecule has 0 aliphatic heterocycles. The number of pyridine rings is 1. The van der Waals surface area contributed by atoms with Crippen LogP contribution in [0.1, 0.15) is 5.56 Å². The van der Waals surface area contributed by atoms with Gasteiger partial charge in [0.25, 0.3) is 5.56 Å². The average Bonchev–Trinajstić information content (AvgIpc) is 2.41. The first-order valence-corrected chi connectivity index (χ1v) is 5.68. The summed E-state index contributed by atoms with van der Waals surface area (Å²) in [7, 11) is 0. The first kappa shape index (κ1) is 12.8. The Labute approximate surface area is 109 Å². The fourth-order valence-corrected chi connectivity index (χ4v) is 1.58. The van der Waals surface area contributed by atoms with E-state index in [1.165, 1.54) is 22.8 Å². The number of nitrogens with zero attached hydrogens (tertiary/aromatic N) is 2. The summed E-state index contributed by atoms with van der Waals surface area (Å²) < 4.78 is 20.1. The standard InChI is InChI=1S/C14H11FN2O2/c15-13-9-12(5-4-11(13)10-16)19-8-7-17-6-2-1-3-14(17)18/h1-6,9H,7-8H2. The molecular formula is C14H11FN2O2. The molecule has 2 rings (SSSR count). The molecule has 96 valence electrons. The van der Waals surface area contributed by atoms with Crippen LogP contribution in [0.2, 0.25) is 0 Å². The van der Waals surface area contributed by atoms with Crippen molar-refractivity contribution >= 4 is 0 Å². The van der Waals surface area contributed by atoms with Gasteiger partial charge in [-0.25, -0.2) is 4.39 Å². The fourth-order valence-electron chi connectivity index (χ4n) is 1.58. The van der Waals surface area contributed by atoms with Crippen molar-refractivity contribution in [1.29, 1.82) is 5.26 Å². The van der Waals surface area contributed by atoms with Crippen LogP contribution in [0.3, 0.4) is 0 Å². The van der Waals surface area contributed by atoms with Gasteiger partial charge >= 0.3 is 0 Å². The van der Waals surface area contributed by atoms with E-state index in [-0.39, 0.29) is 17.7 Å². The smallest absolute Gasteiger partial charge is 0.250 e. The molecule has 19 heavy (non-hydrogen) atoms. The van der Waals surface area contributed by atoms with Gasteiger partial charge < -0.3 is 9.30 Å². The third-order valence-corrected chi connectivity index (χ3v) is 2.56. The predicted octanol–water partition coefficient (Wildman–Crippen LogP) is 1.94. The van der Waals surface area contributed by atoms with Gasteiger partial charge in [0.2, 0.25) is 0 Å². The zero-order chi connectivity index (χ0) is 13.7. The number of ether oxygens (including phenoxy) is 1. The molecule has 1 heterocycles. The minimum Gasteiger partial charge on any atom is -0.492 e. The summed E-state index contributed by atoms with van der Waals surface area (Å²) in [5, 5.41) is 8.60. The van der Waals surface area contributed by atoms with Crippen molar-refractivity contribution in [2.24, 2.45) is 0 Å². The number of benzene rings is 1. The number of halogens is 1. The minimum atomic E-state index is -0.614. The van der Waals surface area contributed by atoms with E-state index in [1.54, 1.807) is 24.4 Å². The Morgan fingerprint density at radius 2 is 2.16 bits per heavy atom. The van der Waals surface area contributed by atoms with Gasteiger partial charge in [0.05, 0.1) is 12.1 Å². The van der Waals surface area contributed by atoms with Gasteiger partial charge in [-0.1, -0.05) is 6.07 Å². The van der Waals surface area contributed by atoms with E-state index in [4.69, 9.17) is 10.00 Å². The molecule has 0 radical (unpaired) electrons. The molecule has 0 unspecified atom stereocenters. The van der Waals surface area contributed by atoms with Crippen LogP contribution in [0.15, 0.2) is 47.4 Å². The largest absolute Gasteiger partial charge is 0.492 e. The molecule has 0 saturated heterocycles. The van der Waals surface area contributed by atoms with Gasteiger partial charge in [-0.3, -0.25) is 4.79 Å². The minimum absolute atomic E-state index is 0.0216. The highest BCUT2D eigenvalue weighted by Crippen LogP contribution is 2.15. The Hall–Kier alpha value is -2.61. The van der Waals surface area contributed by atoms with E-state index in [9.17, 15) is 9.18 Å². The van der Waals surface area contributed by atoms with Gasteiger partial charge in [-0.2, -0.15) is 5.26 Å². The summed E-state index contributed by atoms with van der Waals surface area (Å²) in [5.41, 5.74) is -0.135. The van der Waals surface area contributed by atoms with Crippen molar-refractivity contribution in [3.63, 3.8) is 0 Å². The molecule has 2 aromatic rings. The van der Waals surface area contributed by atoms with Gasteiger partial charge in [0, 0.05) is 18.3 Å². The summed E-state index contributed by atoms with van der Waals surface area (Å²) in [6.45, 7) is 0.622. The molecule has 0 atom stereocenters. The predicted molar refractivity (Wildman–Crippen MR) is 67.3 cm³/mol. The van der Waals surface area contributed by atoms with Crippen molar-refractivity contribution in [3.8, 4) is 11.8 Å². The second kappa shape index (κ2) is 5.83. The fraction of sp³-hybridized carbons (Fsp3) is 0.143. The van der Waals surface area contributed by atoms with E-state index in [0.717, 1.165) is 6.07 Å². The molecular weight excluding hydrogens is 247 g/mol. The van der Waals surface area contributed by atoms with E-state index in [2.05, 4.69) is 0 Å². The Balaban J connectivity index is 1.97. The van der Waals surface area contributed by atoms with Crippen LogP contribution >= 0.6 is 0 Å². The molecule has 5 heteroatoms. The molecule has 4 nitrogen and oxygen atoms in total. The van der Waals surface area contributed by atoms with Crippen molar-refractivity contribution in [1.82, 2.24) is 4.57 Å². The number of hydrogen-bond donors (Lipinski definition) is 0. The van der Waals surface area contributed by atoms with Crippen LogP contribution in [-0.4, -0.2) is 11.2 Å². The molecule has 0 N–H and O–H groups in total. The van der Waals surface area contributed by atoms with Crippen molar-refractivity contribution in [2.45, 2.75) is 6.54 Å². The quantitative estimate of drug-likeness (QED) is 0.842. The van der Waals surface area contributed by atoms with Crippen LogP contribution in [-0.2, 0) is 6.54 Å². The molecule has 1 aromatic heterocycles. The highest BCUT2D eigenvalue weighted by Gasteiger charge is 2.03. The Kier molecular flexibility index (Phi) is 3.94. The molecule has 0 fully saturated rings. The maximum Gasteiger partial charge on any atom is 0.250 e. The van der Waals surface area contributed by atoms with Crippen LogP contribution in [0.25, 0.3) is 0 Å². The van der Waals surface area contributed by atoms with Crippen LogP contribution in [0, 0.1) is 17.1 Å². The first-order valence-electron chi connectivity index (χ1n) is 5.68. The highest BCUT2D eigenvalue weighted by atomic mass is 19.1. The molecule has 0 bridgehead atoms. The van der Waals surface area contributed by atoms with Gasteiger partial charge in [-0.05, 0) is 18.2 Å². The second-order valence-corrected chi connectivity index (χ2v) is 3.83. The lowest BCUT2D eigenvalue weighted by atomic mass is 10.2. The Morgan fingerprint density at radius 3 is 2.84 bits per heavy atom. The van der Waals surface area contributed by atoms with Gasteiger partial charge in [-0.15, -0.1) is 0 Å². The van der Waals surface area contributed by atoms with Crippen molar-refractivity contribution in [3.05, 3.63) is 64.3 Å². The number of nitriles is 1. The monoisotopic (exact) mass is 258 g/mol. The number of aromatic nitrogens is 1. The first-order chi connectivity index (χ1) is 9.20. The van der Waals surface area contributed by atoms with Gasteiger partial charge in [0.15, 0.2) is 0 Å². The zero-order valence-electron chi connectivity index (χ0n) is 10.0. The average molecular weight is 258 g/mol. The van der Waals surface area contributed by atoms with Crippen LogP contribution in [0.5, 0.6) is 5.75 Å². The lowest BCUT2D eigenvalue weighted by Gasteiger charge is -2.08. The van der Waals surface area contributed by atoms with E-state index < -0.39 is 5.82 Å². The van der Waals surface area contributed by atoms with Crippen molar-refractivity contribution in [2.75, 3.05) is 6.61 Å². The van der Waals surface area contributed by atoms with Crippen LogP contribution < -0.4 is 10.3 Å². The summed E-state index contributed by atoms with van der Waals surface area (Å²) in [4.78, 5) is 11.4. The zero-order valence-corrected chi connectivity index (χ0v) is 10.0. The summed E-state index contributed by atoms with van der Waals surface area (Å²) in [6.07, 6.45) is 1.66. The maximum atomic E-state index is 13.3. The summed E-state index contributed by atoms with van der Waals surface area (Å²) >= 11 is 0. The van der Waals surface area contributed by atoms with E-state index >= 15 is 0 Å². The Morgan fingerprint density at radius 1 is 1.32 bits per heavy atom. The maximum absolute atomic E-state index is 13.3.